The zero-order valence-corrected chi connectivity index (χ0v) is 14.2. The number of hydrogen-bond acceptors (Lipinski definition) is 4. The molecule has 0 radical (unpaired) electrons. The molecule has 0 bridgehead atoms. The van der Waals surface area contributed by atoms with E-state index in [-0.39, 0.29) is 0 Å². The zero-order valence-electron chi connectivity index (χ0n) is 13.5. The summed E-state index contributed by atoms with van der Waals surface area (Å²) in [5.74, 6) is -2.76. The molecule has 7 nitrogen and oxygen atoms in total. The minimum atomic E-state index is -1.82. The Bertz CT molecular complexity index is 689. The molecule has 25 heavy (non-hydrogen) atoms. The largest absolute Gasteiger partial charge is 0.493 e. The molecule has 2 aromatic rings. The first-order chi connectivity index (χ1) is 11.9. The summed E-state index contributed by atoms with van der Waals surface area (Å²) in [6.07, 6.45) is 9.09. The van der Waals surface area contributed by atoms with Crippen molar-refractivity contribution in [1.29, 1.82) is 0 Å². The van der Waals surface area contributed by atoms with E-state index in [0.717, 1.165) is 35.7 Å². The third-order valence-electron chi connectivity index (χ3n) is 2.95. The Balaban J connectivity index is 0.000000450. The number of imidazole rings is 1. The number of ether oxygens (including phenoxy) is 1. The maximum Gasteiger partial charge on any atom is 0.414 e. The normalized spacial score (nSPS) is 9.64. The fourth-order valence-corrected chi connectivity index (χ4v) is 2.05. The van der Waals surface area contributed by atoms with Gasteiger partial charge in [-0.15, -0.1) is 6.58 Å². The van der Waals surface area contributed by atoms with Gasteiger partial charge in [0.1, 0.15) is 5.75 Å². The molecule has 0 saturated heterocycles. The van der Waals surface area contributed by atoms with Crippen LogP contribution in [0.5, 0.6) is 5.75 Å². The maximum absolute atomic E-state index is 9.10. The molecule has 0 aliphatic heterocycles. The van der Waals surface area contributed by atoms with Crippen LogP contribution in [-0.2, 0) is 22.6 Å². The highest BCUT2D eigenvalue weighted by atomic mass is 35.5. The Kier molecular flexibility index (Phi) is 8.81. The fraction of sp³-hybridized carbons (Fsp3) is 0.235. The summed E-state index contributed by atoms with van der Waals surface area (Å²) < 4.78 is 7.84. The van der Waals surface area contributed by atoms with Gasteiger partial charge in [-0.3, -0.25) is 0 Å². The lowest BCUT2D eigenvalue weighted by Gasteiger charge is -2.11. The van der Waals surface area contributed by atoms with Crippen molar-refractivity contribution in [3.8, 4) is 5.75 Å². The number of carbonyl (C=O) groups is 2. The Morgan fingerprint density at radius 2 is 2.04 bits per heavy atom. The number of halogens is 1. The number of carboxylic acid groups (broad SMARTS) is 2. The number of nitrogens with zero attached hydrogens (tertiary/aromatic N) is 2. The standard InChI is InChI=1S/C15H17ClN2O.C2H2O4/c1-2-4-13-11-14(16)5-6-15(13)19-10-3-8-18-9-7-17-12-18;3-1(4)2(5)6/h2,5-7,9,11-12H,1,3-4,8,10H2;(H,3,4)(H,5,6). The van der Waals surface area contributed by atoms with Crippen molar-refractivity contribution in [2.75, 3.05) is 6.61 Å². The van der Waals surface area contributed by atoms with Crippen LogP contribution < -0.4 is 4.74 Å². The first kappa shape index (κ1) is 20.2. The number of rotatable bonds is 7. The monoisotopic (exact) mass is 366 g/mol. The van der Waals surface area contributed by atoms with Gasteiger partial charge in [-0.05, 0) is 36.6 Å². The molecule has 0 aliphatic carbocycles. The quantitative estimate of drug-likeness (QED) is 0.444. The lowest BCUT2D eigenvalue weighted by Crippen LogP contribution is -2.09. The van der Waals surface area contributed by atoms with E-state index in [0.29, 0.717) is 6.61 Å². The number of allylic oxidation sites excluding steroid dienone is 1. The van der Waals surface area contributed by atoms with E-state index in [1.165, 1.54) is 0 Å². The Morgan fingerprint density at radius 3 is 2.60 bits per heavy atom. The smallest absolute Gasteiger partial charge is 0.414 e. The van der Waals surface area contributed by atoms with Gasteiger partial charge < -0.3 is 19.5 Å². The van der Waals surface area contributed by atoms with Gasteiger partial charge in [-0.1, -0.05) is 17.7 Å². The fourth-order valence-electron chi connectivity index (χ4n) is 1.85. The predicted octanol–water partition coefficient (Wildman–Crippen LogP) is 2.89. The van der Waals surface area contributed by atoms with Gasteiger partial charge in [0.25, 0.3) is 0 Å². The molecule has 1 aromatic carbocycles. The number of aromatic nitrogens is 2. The molecule has 8 heteroatoms. The summed E-state index contributed by atoms with van der Waals surface area (Å²) in [6, 6.07) is 5.69. The predicted molar refractivity (Wildman–Crippen MR) is 93.0 cm³/mol. The van der Waals surface area contributed by atoms with Crippen LogP contribution >= 0.6 is 11.6 Å². The number of aryl methyl sites for hydroxylation is 1. The van der Waals surface area contributed by atoms with E-state index in [2.05, 4.69) is 11.6 Å². The van der Waals surface area contributed by atoms with E-state index >= 15 is 0 Å². The Hall–Kier alpha value is -2.80. The lowest BCUT2D eigenvalue weighted by molar-refractivity contribution is -0.159. The average molecular weight is 367 g/mol. The van der Waals surface area contributed by atoms with Gasteiger partial charge in [-0.25, -0.2) is 14.6 Å². The van der Waals surface area contributed by atoms with E-state index in [4.69, 9.17) is 36.1 Å². The molecule has 0 amide bonds. The van der Waals surface area contributed by atoms with Gasteiger partial charge in [0.15, 0.2) is 0 Å². The summed E-state index contributed by atoms with van der Waals surface area (Å²) >= 11 is 5.98. The lowest BCUT2D eigenvalue weighted by atomic mass is 10.1. The molecule has 1 heterocycles. The topological polar surface area (TPSA) is 102 Å². The van der Waals surface area contributed by atoms with Crippen molar-refractivity contribution in [3.05, 3.63) is 60.2 Å². The maximum atomic E-state index is 9.10. The highest BCUT2D eigenvalue weighted by molar-refractivity contribution is 6.30. The second-order valence-corrected chi connectivity index (χ2v) is 5.29. The number of hydrogen-bond donors (Lipinski definition) is 2. The molecule has 0 unspecified atom stereocenters. The number of aliphatic carboxylic acids is 2. The minimum Gasteiger partial charge on any atom is -0.493 e. The Labute approximate surface area is 150 Å². The summed E-state index contributed by atoms with van der Waals surface area (Å²) in [5.41, 5.74) is 1.07. The molecule has 134 valence electrons. The Morgan fingerprint density at radius 1 is 1.32 bits per heavy atom. The van der Waals surface area contributed by atoms with Crippen molar-refractivity contribution in [1.82, 2.24) is 9.55 Å². The van der Waals surface area contributed by atoms with Crippen LogP contribution in [0.2, 0.25) is 5.02 Å². The summed E-state index contributed by atoms with van der Waals surface area (Å²) in [4.78, 5) is 22.2. The van der Waals surface area contributed by atoms with E-state index in [1.54, 1.807) is 6.20 Å². The molecule has 0 atom stereocenters. The van der Waals surface area contributed by atoms with Crippen LogP contribution in [0.4, 0.5) is 0 Å². The molecule has 0 fully saturated rings. The third kappa shape index (κ3) is 8.03. The molecule has 0 saturated carbocycles. The van der Waals surface area contributed by atoms with Gasteiger partial charge in [0.05, 0.1) is 12.9 Å². The van der Waals surface area contributed by atoms with Crippen LogP contribution in [0.1, 0.15) is 12.0 Å². The molecule has 2 N–H and O–H groups in total. The van der Waals surface area contributed by atoms with Gasteiger partial charge in [0.2, 0.25) is 0 Å². The average Bonchev–Trinajstić information content (AvgIpc) is 3.07. The van der Waals surface area contributed by atoms with Crippen molar-refractivity contribution >= 4 is 23.5 Å². The highest BCUT2D eigenvalue weighted by Gasteiger charge is 2.04. The van der Waals surface area contributed by atoms with Crippen molar-refractivity contribution < 1.29 is 24.5 Å². The van der Waals surface area contributed by atoms with E-state index in [1.807, 2.05) is 41.4 Å². The SMILES string of the molecule is C=CCc1cc(Cl)ccc1OCCCn1ccnc1.O=C(O)C(=O)O. The number of carboxylic acids is 2. The zero-order chi connectivity index (χ0) is 18.7. The summed E-state index contributed by atoms with van der Waals surface area (Å²) in [6.45, 7) is 5.33. The summed E-state index contributed by atoms with van der Waals surface area (Å²) in [7, 11) is 0. The van der Waals surface area contributed by atoms with Crippen molar-refractivity contribution in [2.45, 2.75) is 19.4 Å². The van der Waals surface area contributed by atoms with Gasteiger partial charge >= 0.3 is 11.9 Å². The van der Waals surface area contributed by atoms with Crippen LogP contribution in [0.25, 0.3) is 0 Å². The van der Waals surface area contributed by atoms with Crippen LogP contribution in [0.3, 0.4) is 0 Å². The molecular formula is C17H19ClN2O5. The van der Waals surface area contributed by atoms with Gasteiger partial charge in [-0.2, -0.15) is 0 Å². The van der Waals surface area contributed by atoms with E-state index in [9.17, 15) is 0 Å². The van der Waals surface area contributed by atoms with Crippen LogP contribution in [0.15, 0.2) is 49.6 Å². The van der Waals surface area contributed by atoms with Crippen molar-refractivity contribution in [2.24, 2.45) is 0 Å². The third-order valence-corrected chi connectivity index (χ3v) is 3.18. The molecular weight excluding hydrogens is 348 g/mol. The molecule has 2 rings (SSSR count). The first-order valence-corrected chi connectivity index (χ1v) is 7.76. The van der Waals surface area contributed by atoms with Crippen LogP contribution in [0, 0.1) is 0 Å². The molecule has 0 spiro atoms. The highest BCUT2D eigenvalue weighted by Crippen LogP contribution is 2.23. The minimum absolute atomic E-state index is 0.671. The van der Waals surface area contributed by atoms with Crippen LogP contribution in [-0.4, -0.2) is 38.3 Å². The number of benzene rings is 1. The second kappa shape index (κ2) is 10.9. The summed E-state index contributed by atoms with van der Waals surface area (Å²) in [5, 5.41) is 15.5. The molecule has 0 aliphatic rings. The second-order valence-electron chi connectivity index (χ2n) is 4.86. The molecule has 1 aromatic heterocycles. The van der Waals surface area contributed by atoms with Crippen molar-refractivity contribution in [3.63, 3.8) is 0 Å². The van der Waals surface area contributed by atoms with Gasteiger partial charge in [0, 0.05) is 24.0 Å². The van der Waals surface area contributed by atoms with E-state index < -0.39 is 11.9 Å². The first-order valence-electron chi connectivity index (χ1n) is 7.38.